The van der Waals surface area contributed by atoms with Gasteiger partial charge >= 0.3 is 5.97 Å². The molecule has 0 heterocycles. The van der Waals surface area contributed by atoms with Gasteiger partial charge in [-0.3, -0.25) is 14.4 Å². The Hall–Kier alpha value is -1.94. The van der Waals surface area contributed by atoms with E-state index in [0.717, 1.165) is 0 Å². The first kappa shape index (κ1) is 15.4. The molecule has 0 saturated heterocycles. The van der Waals surface area contributed by atoms with Crippen LogP contribution in [0.1, 0.15) is 29.6 Å². The number of hydrogen-bond donors (Lipinski definition) is 1. The molecule has 0 unspecified atom stereocenters. The highest BCUT2D eigenvalue weighted by Gasteiger charge is 2.33. The van der Waals surface area contributed by atoms with Crippen LogP contribution in [-0.2, 0) is 9.59 Å². The zero-order valence-corrected chi connectivity index (χ0v) is 12.0. The summed E-state index contributed by atoms with van der Waals surface area (Å²) in [6.45, 7) is 0. The SMILES string of the molecule is O=C(CC(=O)[C@H]1C=CCC[C@H]1C(=O)O)c1ccc(Cl)cc1. The number of carboxylic acid groups (broad SMARTS) is 1. The van der Waals surface area contributed by atoms with Crippen LogP contribution in [0.3, 0.4) is 0 Å². The minimum absolute atomic E-state index is 0.291. The van der Waals surface area contributed by atoms with Crippen molar-refractivity contribution >= 4 is 29.1 Å². The lowest BCUT2D eigenvalue weighted by molar-refractivity contribution is -0.146. The molecule has 110 valence electrons. The Morgan fingerprint density at radius 3 is 2.48 bits per heavy atom. The van der Waals surface area contributed by atoms with Gasteiger partial charge in [0.05, 0.1) is 12.3 Å². The molecule has 0 fully saturated rings. The van der Waals surface area contributed by atoms with Crippen molar-refractivity contribution in [1.82, 2.24) is 0 Å². The van der Waals surface area contributed by atoms with Crippen LogP contribution in [0.25, 0.3) is 0 Å². The van der Waals surface area contributed by atoms with Crippen molar-refractivity contribution < 1.29 is 19.5 Å². The van der Waals surface area contributed by atoms with E-state index in [9.17, 15) is 14.4 Å². The summed E-state index contributed by atoms with van der Waals surface area (Å²) in [5.41, 5.74) is 0.402. The third-order valence-electron chi connectivity index (χ3n) is 3.61. The Balaban J connectivity index is 2.08. The minimum Gasteiger partial charge on any atom is -0.481 e. The smallest absolute Gasteiger partial charge is 0.307 e. The fourth-order valence-corrected chi connectivity index (χ4v) is 2.58. The van der Waals surface area contributed by atoms with Crippen molar-refractivity contribution in [3.05, 3.63) is 47.0 Å². The molecule has 5 heteroatoms. The summed E-state index contributed by atoms with van der Waals surface area (Å²) in [5, 5.41) is 9.67. The van der Waals surface area contributed by atoms with Gasteiger partial charge in [-0.1, -0.05) is 23.8 Å². The Kier molecular flexibility index (Phi) is 4.91. The van der Waals surface area contributed by atoms with Gasteiger partial charge in [-0.05, 0) is 37.1 Å². The average Bonchev–Trinajstić information content (AvgIpc) is 2.47. The van der Waals surface area contributed by atoms with E-state index in [1.165, 1.54) is 0 Å². The predicted molar refractivity (Wildman–Crippen MR) is 78.4 cm³/mol. The molecule has 1 aliphatic rings. The zero-order valence-electron chi connectivity index (χ0n) is 11.3. The van der Waals surface area contributed by atoms with Crippen LogP contribution in [0, 0.1) is 11.8 Å². The number of carbonyl (C=O) groups excluding carboxylic acids is 2. The van der Waals surface area contributed by atoms with E-state index >= 15 is 0 Å². The fraction of sp³-hybridized carbons (Fsp3) is 0.312. The topological polar surface area (TPSA) is 71.4 Å². The Morgan fingerprint density at radius 2 is 1.86 bits per heavy atom. The molecule has 4 nitrogen and oxygen atoms in total. The second-order valence-corrected chi connectivity index (χ2v) is 5.49. The van der Waals surface area contributed by atoms with Crippen LogP contribution in [0.15, 0.2) is 36.4 Å². The molecule has 0 aromatic heterocycles. The second kappa shape index (κ2) is 6.68. The number of halogens is 1. The molecule has 0 radical (unpaired) electrons. The number of ketones is 2. The van der Waals surface area contributed by atoms with E-state index in [2.05, 4.69) is 0 Å². The van der Waals surface area contributed by atoms with E-state index in [-0.39, 0.29) is 18.0 Å². The van der Waals surface area contributed by atoms with Crippen LogP contribution in [-0.4, -0.2) is 22.6 Å². The number of carboxylic acids is 1. The van der Waals surface area contributed by atoms with Crippen molar-refractivity contribution in [3.8, 4) is 0 Å². The second-order valence-electron chi connectivity index (χ2n) is 5.05. The van der Waals surface area contributed by atoms with Gasteiger partial charge in [0, 0.05) is 16.5 Å². The van der Waals surface area contributed by atoms with Crippen molar-refractivity contribution in [2.75, 3.05) is 0 Å². The summed E-state index contributed by atoms with van der Waals surface area (Å²) in [6.07, 6.45) is 4.19. The van der Waals surface area contributed by atoms with Gasteiger partial charge in [-0.15, -0.1) is 0 Å². The van der Waals surface area contributed by atoms with Crippen molar-refractivity contribution in [3.63, 3.8) is 0 Å². The summed E-state index contributed by atoms with van der Waals surface area (Å²) in [6, 6.07) is 6.28. The first-order valence-corrected chi connectivity index (χ1v) is 7.08. The van der Waals surface area contributed by atoms with E-state index in [1.54, 1.807) is 36.4 Å². The zero-order chi connectivity index (χ0) is 15.4. The van der Waals surface area contributed by atoms with Crippen LogP contribution < -0.4 is 0 Å². The first-order valence-electron chi connectivity index (χ1n) is 6.70. The molecule has 2 rings (SSSR count). The van der Waals surface area contributed by atoms with Crippen LogP contribution in [0.4, 0.5) is 0 Å². The number of hydrogen-bond acceptors (Lipinski definition) is 3. The Labute approximate surface area is 127 Å². The maximum absolute atomic E-state index is 12.2. The minimum atomic E-state index is -0.989. The summed E-state index contributed by atoms with van der Waals surface area (Å²) >= 11 is 5.75. The largest absolute Gasteiger partial charge is 0.481 e. The average molecular weight is 307 g/mol. The van der Waals surface area contributed by atoms with Crippen molar-refractivity contribution in [2.45, 2.75) is 19.3 Å². The van der Waals surface area contributed by atoms with E-state index in [1.807, 2.05) is 0 Å². The molecule has 1 aliphatic carbocycles. The van der Waals surface area contributed by atoms with Gasteiger partial charge < -0.3 is 5.11 Å². The normalized spacial score (nSPS) is 21.0. The molecule has 0 spiro atoms. The Bertz CT molecular complexity index is 589. The van der Waals surface area contributed by atoms with Gasteiger partial charge in [0.25, 0.3) is 0 Å². The molecular weight excluding hydrogens is 292 g/mol. The Morgan fingerprint density at radius 1 is 1.19 bits per heavy atom. The van der Waals surface area contributed by atoms with Gasteiger partial charge in [-0.25, -0.2) is 0 Å². The number of carbonyl (C=O) groups is 3. The summed E-state index contributed by atoms with van der Waals surface area (Å²) in [5.74, 6) is -3.11. The standard InChI is InChI=1S/C16H15ClO4/c17-11-7-5-10(6-8-11)14(18)9-15(19)12-3-1-2-4-13(12)16(20)21/h1,3,5-8,12-13H,2,4,9H2,(H,20,21)/t12-,13+/m0/s1. The van der Waals surface area contributed by atoms with Gasteiger partial charge in [0.2, 0.25) is 0 Å². The first-order chi connectivity index (χ1) is 9.99. The molecule has 0 amide bonds. The number of aliphatic carboxylic acids is 1. The lowest BCUT2D eigenvalue weighted by Gasteiger charge is -2.22. The maximum Gasteiger partial charge on any atom is 0.307 e. The third kappa shape index (κ3) is 3.79. The lowest BCUT2D eigenvalue weighted by atomic mass is 9.80. The third-order valence-corrected chi connectivity index (χ3v) is 3.86. The monoisotopic (exact) mass is 306 g/mol. The molecule has 0 bridgehead atoms. The molecule has 1 aromatic rings. The fourth-order valence-electron chi connectivity index (χ4n) is 2.46. The summed E-state index contributed by atoms with van der Waals surface area (Å²) < 4.78 is 0. The number of Topliss-reactive ketones (excluding diaryl/α,β-unsaturated/α-hetero) is 2. The number of rotatable bonds is 5. The van der Waals surface area contributed by atoms with Crippen LogP contribution in [0.5, 0.6) is 0 Å². The molecule has 2 atom stereocenters. The maximum atomic E-state index is 12.2. The van der Waals surface area contributed by atoms with Crippen LogP contribution >= 0.6 is 11.6 Å². The van der Waals surface area contributed by atoms with E-state index in [4.69, 9.17) is 16.7 Å². The van der Waals surface area contributed by atoms with Gasteiger partial charge in [0.1, 0.15) is 5.78 Å². The van der Waals surface area contributed by atoms with E-state index < -0.39 is 17.8 Å². The van der Waals surface area contributed by atoms with Gasteiger partial charge in [0.15, 0.2) is 5.78 Å². The van der Waals surface area contributed by atoms with E-state index in [0.29, 0.717) is 23.4 Å². The highest BCUT2D eigenvalue weighted by Crippen LogP contribution is 2.27. The van der Waals surface area contributed by atoms with Gasteiger partial charge in [-0.2, -0.15) is 0 Å². The lowest BCUT2D eigenvalue weighted by Crippen LogP contribution is -2.31. The number of allylic oxidation sites excluding steroid dienone is 2. The molecular formula is C16H15ClO4. The van der Waals surface area contributed by atoms with Crippen molar-refractivity contribution in [1.29, 1.82) is 0 Å². The molecule has 21 heavy (non-hydrogen) atoms. The molecule has 1 aromatic carbocycles. The molecule has 0 saturated carbocycles. The van der Waals surface area contributed by atoms with Crippen molar-refractivity contribution in [2.24, 2.45) is 11.8 Å². The summed E-state index contributed by atoms with van der Waals surface area (Å²) in [7, 11) is 0. The molecule has 1 N–H and O–H groups in total. The summed E-state index contributed by atoms with van der Waals surface area (Å²) in [4.78, 5) is 35.4. The highest BCUT2D eigenvalue weighted by molar-refractivity contribution is 6.30. The molecule has 0 aliphatic heterocycles. The number of benzene rings is 1. The highest BCUT2D eigenvalue weighted by atomic mass is 35.5. The van der Waals surface area contributed by atoms with Crippen LogP contribution in [0.2, 0.25) is 5.02 Å². The quantitative estimate of drug-likeness (QED) is 0.515. The predicted octanol–water partition coefficient (Wildman–Crippen LogP) is 3.15.